The highest BCUT2D eigenvalue weighted by Crippen LogP contribution is 2.33. The van der Waals surface area contributed by atoms with E-state index in [-0.39, 0.29) is 23.1 Å². The highest BCUT2D eigenvalue weighted by molar-refractivity contribution is 7.98. The van der Waals surface area contributed by atoms with E-state index in [2.05, 4.69) is 5.10 Å². The van der Waals surface area contributed by atoms with Crippen LogP contribution >= 0.6 is 11.8 Å². The Kier molecular flexibility index (Phi) is 4.71. The van der Waals surface area contributed by atoms with Crippen LogP contribution in [0.5, 0.6) is 0 Å². The van der Waals surface area contributed by atoms with E-state index in [1.54, 1.807) is 30.0 Å². The van der Waals surface area contributed by atoms with Gasteiger partial charge >= 0.3 is 0 Å². The van der Waals surface area contributed by atoms with Crippen LogP contribution in [-0.2, 0) is 9.53 Å². The van der Waals surface area contributed by atoms with Crippen molar-refractivity contribution in [2.24, 2.45) is 5.10 Å². The van der Waals surface area contributed by atoms with Crippen LogP contribution in [0.4, 0.5) is 5.69 Å². The summed E-state index contributed by atoms with van der Waals surface area (Å²) in [5.41, 5.74) is 0.857. The zero-order valence-electron chi connectivity index (χ0n) is 13.6. The van der Waals surface area contributed by atoms with Gasteiger partial charge in [-0.25, -0.2) is 0 Å². The molecule has 2 aromatic carbocycles. The minimum Gasteiger partial charge on any atom is -0.445 e. The highest BCUT2D eigenvalue weighted by Gasteiger charge is 2.35. The van der Waals surface area contributed by atoms with Crippen molar-refractivity contribution >= 4 is 29.3 Å². The Hall–Kier alpha value is -2.87. The smallest absolute Gasteiger partial charge is 0.282 e. The van der Waals surface area contributed by atoms with Gasteiger partial charge in [-0.05, 0) is 24.5 Å². The van der Waals surface area contributed by atoms with E-state index in [0.717, 1.165) is 10.5 Å². The number of carbonyl (C=O) groups excluding carboxylic acids is 1. The van der Waals surface area contributed by atoms with E-state index in [4.69, 9.17) is 4.74 Å². The molecule has 0 bridgehead atoms. The first-order valence-electron chi connectivity index (χ1n) is 7.44. The van der Waals surface area contributed by atoms with Crippen molar-refractivity contribution in [3.63, 3.8) is 0 Å². The number of carbonyl (C=O) groups is 1. The predicted molar refractivity (Wildman–Crippen MR) is 94.2 cm³/mol. The van der Waals surface area contributed by atoms with E-state index >= 15 is 0 Å². The molecule has 1 heterocycles. The second-order valence-electron chi connectivity index (χ2n) is 5.29. The summed E-state index contributed by atoms with van der Waals surface area (Å²) in [5.74, 6) is -0.256. The van der Waals surface area contributed by atoms with Crippen LogP contribution in [0.2, 0.25) is 0 Å². The fourth-order valence-corrected chi connectivity index (χ4v) is 2.88. The molecular weight excluding hydrogens is 342 g/mol. The molecule has 0 unspecified atom stereocenters. The lowest BCUT2D eigenvalue weighted by Crippen LogP contribution is -2.25. The van der Waals surface area contributed by atoms with E-state index in [9.17, 15) is 14.9 Å². The van der Waals surface area contributed by atoms with E-state index in [1.165, 1.54) is 18.0 Å². The second kappa shape index (κ2) is 6.94. The lowest BCUT2D eigenvalue weighted by Gasteiger charge is -2.19. The Bertz CT molecular complexity index is 851. The zero-order valence-corrected chi connectivity index (χ0v) is 14.4. The summed E-state index contributed by atoms with van der Waals surface area (Å²) in [6, 6.07) is 13.7. The molecule has 25 heavy (non-hydrogen) atoms. The maximum atomic E-state index is 11.9. The van der Waals surface area contributed by atoms with Crippen LogP contribution in [0.15, 0.2) is 58.5 Å². The number of nitro groups is 1. The summed E-state index contributed by atoms with van der Waals surface area (Å²) < 4.78 is 5.82. The first-order valence-corrected chi connectivity index (χ1v) is 8.66. The van der Waals surface area contributed by atoms with Crippen LogP contribution < -0.4 is 0 Å². The molecule has 0 spiro atoms. The molecule has 0 aliphatic carbocycles. The van der Waals surface area contributed by atoms with Crippen molar-refractivity contribution in [3.8, 4) is 0 Å². The molecule has 0 aromatic heterocycles. The summed E-state index contributed by atoms with van der Waals surface area (Å²) in [4.78, 5) is 23.8. The maximum absolute atomic E-state index is 11.9. The van der Waals surface area contributed by atoms with Gasteiger partial charge in [-0.2, -0.15) is 5.01 Å². The maximum Gasteiger partial charge on any atom is 0.282 e. The molecular formula is C17H15N3O4S. The highest BCUT2D eigenvalue weighted by atomic mass is 32.2. The number of para-hydroxylation sites is 1. The molecule has 3 rings (SSSR count). The summed E-state index contributed by atoms with van der Waals surface area (Å²) >= 11 is 1.60. The topological polar surface area (TPSA) is 85.0 Å². The lowest BCUT2D eigenvalue weighted by molar-refractivity contribution is -0.385. The van der Waals surface area contributed by atoms with Gasteiger partial charge in [-0.15, -0.1) is 16.9 Å². The van der Waals surface area contributed by atoms with Gasteiger partial charge in [0.15, 0.2) is 0 Å². The van der Waals surface area contributed by atoms with Gasteiger partial charge in [0, 0.05) is 23.4 Å². The zero-order chi connectivity index (χ0) is 18.0. The predicted octanol–water partition coefficient (Wildman–Crippen LogP) is 3.56. The Morgan fingerprint density at radius 1 is 1.24 bits per heavy atom. The number of hydrazone groups is 1. The minimum atomic E-state index is -0.747. The average Bonchev–Trinajstić information content (AvgIpc) is 3.07. The quantitative estimate of drug-likeness (QED) is 0.474. The number of amides is 1. The van der Waals surface area contributed by atoms with Gasteiger partial charge in [0.25, 0.3) is 5.69 Å². The first-order chi connectivity index (χ1) is 12.0. The largest absolute Gasteiger partial charge is 0.445 e. The molecule has 0 radical (unpaired) electrons. The van der Waals surface area contributed by atoms with Crippen LogP contribution in [0.1, 0.15) is 24.3 Å². The van der Waals surface area contributed by atoms with Gasteiger partial charge in [-0.3, -0.25) is 14.9 Å². The van der Waals surface area contributed by atoms with Gasteiger partial charge in [-0.1, -0.05) is 24.3 Å². The summed E-state index contributed by atoms with van der Waals surface area (Å²) in [5, 5.41) is 16.6. The van der Waals surface area contributed by atoms with E-state index in [1.807, 2.05) is 30.5 Å². The van der Waals surface area contributed by atoms with Crippen LogP contribution in [-0.4, -0.2) is 28.0 Å². The van der Waals surface area contributed by atoms with Gasteiger partial charge in [0.05, 0.1) is 4.92 Å². The van der Waals surface area contributed by atoms with Crippen LogP contribution in [0.25, 0.3) is 0 Å². The number of nitrogens with zero attached hydrogens (tertiary/aromatic N) is 3. The molecule has 0 saturated carbocycles. The lowest BCUT2D eigenvalue weighted by atomic mass is 10.1. The average molecular weight is 357 g/mol. The Morgan fingerprint density at radius 3 is 2.52 bits per heavy atom. The SMILES string of the molecule is CSc1ccc([C@@H]2OC(c3ccccc3[N+](=O)[O-])=NN2C(C)=O)cc1. The fourth-order valence-electron chi connectivity index (χ4n) is 2.47. The molecule has 1 aliphatic heterocycles. The van der Waals surface area contributed by atoms with Crippen molar-refractivity contribution in [1.82, 2.24) is 5.01 Å². The van der Waals surface area contributed by atoms with Crippen molar-refractivity contribution in [3.05, 3.63) is 69.8 Å². The van der Waals surface area contributed by atoms with Crippen LogP contribution in [0.3, 0.4) is 0 Å². The number of benzene rings is 2. The standard InChI is InChI=1S/C17H15N3O4S/c1-11(21)19-17(12-7-9-13(25-2)10-8-12)24-16(18-19)14-5-3-4-6-15(14)20(22)23/h3-10,17H,1-2H3/t17-/m0/s1. The molecule has 0 saturated heterocycles. The molecule has 7 nitrogen and oxygen atoms in total. The van der Waals surface area contributed by atoms with E-state index < -0.39 is 11.2 Å². The number of rotatable bonds is 4. The number of hydrogen-bond donors (Lipinski definition) is 0. The number of hydrogen-bond acceptors (Lipinski definition) is 6. The molecule has 128 valence electrons. The normalized spacial score (nSPS) is 16.3. The summed E-state index contributed by atoms with van der Waals surface area (Å²) in [6.07, 6.45) is 1.22. The summed E-state index contributed by atoms with van der Waals surface area (Å²) in [6.45, 7) is 1.37. The molecule has 0 N–H and O–H groups in total. The van der Waals surface area contributed by atoms with Gasteiger partial charge < -0.3 is 4.74 Å². The fraction of sp³-hybridized carbons (Fsp3) is 0.176. The van der Waals surface area contributed by atoms with Crippen molar-refractivity contribution in [1.29, 1.82) is 0 Å². The molecule has 1 atom stereocenters. The molecule has 1 aliphatic rings. The Balaban J connectivity index is 1.97. The molecule has 8 heteroatoms. The first kappa shape index (κ1) is 17.0. The third-order valence-electron chi connectivity index (χ3n) is 3.70. The monoisotopic (exact) mass is 357 g/mol. The second-order valence-corrected chi connectivity index (χ2v) is 6.17. The van der Waals surface area contributed by atoms with Crippen LogP contribution in [0, 0.1) is 10.1 Å². The third kappa shape index (κ3) is 3.34. The minimum absolute atomic E-state index is 0.0569. The van der Waals surface area contributed by atoms with Gasteiger partial charge in [0.2, 0.25) is 18.0 Å². The number of ether oxygens (including phenoxy) is 1. The van der Waals surface area contributed by atoms with Crippen molar-refractivity contribution < 1.29 is 14.5 Å². The summed E-state index contributed by atoms with van der Waals surface area (Å²) in [7, 11) is 0. The van der Waals surface area contributed by atoms with E-state index in [0.29, 0.717) is 0 Å². The molecule has 1 amide bonds. The number of nitro benzene ring substituents is 1. The van der Waals surface area contributed by atoms with Crippen molar-refractivity contribution in [2.75, 3.05) is 6.26 Å². The molecule has 0 fully saturated rings. The Labute approximate surface area is 148 Å². The Morgan fingerprint density at radius 2 is 1.92 bits per heavy atom. The third-order valence-corrected chi connectivity index (χ3v) is 4.44. The van der Waals surface area contributed by atoms with Crippen molar-refractivity contribution in [2.45, 2.75) is 18.0 Å². The number of thioether (sulfide) groups is 1. The molecule has 2 aromatic rings. The van der Waals surface area contributed by atoms with Gasteiger partial charge in [0.1, 0.15) is 5.56 Å².